The van der Waals surface area contributed by atoms with E-state index in [-0.39, 0.29) is 0 Å². The number of fused-ring (bicyclic) bond motifs is 6. The molecule has 0 aliphatic carbocycles. The second kappa shape index (κ2) is 11.2. The maximum atomic E-state index is 12.3. The van der Waals surface area contributed by atoms with Crippen molar-refractivity contribution in [3.05, 3.63) is 175 Å². The Labute approximate surface area is 329 Å². The molecule has 0 saturated carbocycles. The van der Waals surface area contributed by atoms with E-state index in [9.17, 15) is 17.4 Å². The molecule has 1 heterocycles. The van der Waals surface area contributed by atoms with Gasteiger partial charge in [0, 0.05) is 10.8 Å². The van der Waals surface area contributed by atoms with Crippen LogP contribution in [0.2, 0.25) is 0 Å². The van der Waals surface area contributed by atoms with Gasteiger partial charge in [-0.1, -0.05) is 145 Å². The van der Waals surface area contributed by atoms with Crippen LogP contribution in [0.15, 0.2) is 180 Å². The Morgan fingerprint density at radius 2 is 0.880 bits per heavy atom. The summed E-state index contributed by atoms with van der Waals surface area (Å²) in [4.78, 5) is 0. The largest absolute Gasteiger partial charge is 0.507 e. The van der Waals surface area contributed by atoms with Gasteiger partial charge in [0.15, 0.2) is 0 Å². The van der Waals surface area contributed by atoms with Crippen LogP contribution in [0.1, 0.15) is 39.8 Å². The van der Waals surface area contributed by atoms with E-state index < -0.39 is 280 Å². The first kappa shape index (κ1) is 11.8. The Hall–Kier alpha value is -6.64. The van der Waals surface area contributed by atoms with Crippen LogP contribution in [0.3, 0.4) is 0 Å². The molecule has 0 amide bonds. The van der Waals surface area contributed by atoms with Crippen molar-refractivity contribution in [1.29, 1.82) is 0 Å². The number of hydrogen-bond donors (Lipinski definition) is 1. The van der Waals surface area contributed by atoms with E-state index in [4.69, 9.17) is 31.8 Å². The van der Waals surface area contributed by atoms with Crippen LogP contribution in [0.4, 0.5) is 0 Å². The molecule has 2 nitrogen and oxygen atoms in total. The van der Waals surface area contributed by atoms with Crippen LogP contribution in [0, 0.1) is 0 Å². The third-order valence-corrected chi connectivity index (χ3v) is 8.05. The lowest BCUT2D eigenvalue weighted by Gasteiger charge is -2.19. The smallest absolute Gasteiger partial charge is 0.139 e. The van der Waals surface area contributed by atoms with Crippen molar-refractivity contribution in [3.63, 3.8) is 0 Å². The van der Waals surface area contributed by atoms with Crippen LogP contribution in [-0.2, 0) is 0 Å². The van der Waals surface area contributed by atoms with Crippen LogP contribution >= 0.6 is 0 Å². The van der Waals surface area contributed by atoms with Crippen LogP contribution in [-0.4, -0.2) is 5.11 Å². The Balaban J connectivity index is 1.58. The molecule has 1 aromatic heterocycles. The third kappa shape index (κ3) is 4.36. The first-order valence-electron chi connectivity index (χ1n) is 29.1. The monoisotopic (exact) mass is 667 g/mol. The number of furan rings is 1. The number of hydrogen-bond acceptors (Lipinski definition) is 2. The van der Waals surface area contributed by atoms with E-state index in [1.165, 1.54) is 0 Å². The fourth-order valence-electron chi connectivity index (χ4n) is 6.01. The molecule has 0 spiro atoms. The van der Waals surface area contributed by atoms with E-state index >= 15 is 0 Å². The Morgan fingerprint density at radius 3 is 1.48 bits per heavy atom. The predicted octanol–water partition coefficient (Wildman–Crippen LogP) is 13.4. The fraction of sp³-hybridized carbons (Fsp3) is 0. The quantitative estimate of drug-likeness (QED) is 0.190. The number of benzene rings is 9. The highest BCUT2D eigenvalue weighted by Crippen LogP contribution is 2.49. The van der Waals surface area contributed by atoms with Gasteiger partial charge in [-0.25, -0.2) is 0 Å². The molecular formula is C48H30O2. The highest BCUT2D eigenvalue weighted by molar-refractivity contribution is 6.27. The molecule has 0 aliphatic rings. The average Bonchev–Trinajstić information content (AvgIpc) is 3.29. The van der Waals surface area contributed by atoms with Crippen LogP contribution in [0.25, 0.3) is 98.8 Å². The maximum absolute atomic E-state index is 12.3. The topological polar surface area (TPSA) is 33.4 Å². The van der Waals surface area contributed by atoms with Gasteiger partial charge in [0.05, 0.1) is 45.1 Å². The van der Waals surface area contributed by atoms with E-state index in [1.54, 1.807) is 0 Å². The molecular weight excluding hydrogens is 609 g/mol. The molecule has 0 bridgehead atoms. The van der Waals surface area contributed by atoms with Crippen molar-refractivity contribution >= 4 is 54.3 Å². The zero-order valence-electron chi connectivity index (χ0n) is 53.9. The predicted molar refractivity (Wildman–Crippen MR) is 210 cm³/mol. The SMILES string of the molecule is [2H]c1c([2H])c([2H])c(-c2c([2H])c(-c3c([2H])c([2H])c([2H])c([2H])c3[2H])c([2H])c(-c3c4c([2H])c([2H])c([2H])c([2H])c4c(-c4c([2H])c([2H])c([2H])c5oc6c([2H])c7c([2H])c([2H])c([2H])c([2H])c7c(O)c6c45)c4c([2H])c([2H])c([2H])c([2H])c34)c2[2H])c([2H])c1[2H]. The van der Waals surface area contributed by atoms with Gasteiger partial charge in [0.1, 0.15) is 16.9 Å². The number of rotatable bonds is 4. The van der Waals surface area contributed by atoms with Gasteiger partial charge in [-0.05, 0) is 102 Å². The Kier molecular flexibility index (Phi) is 2.64. The van der Waals surface area contributed by atoms with Crippen molar-refractivity contribution in [2.45, 2.75) is 0 Å². The van der Waals surface area contributed by atoms with Gasteiger partial charge in [-0.3, -0.25) is 0 Å². The summed E-state index contributed by atoms with van der Waals surface area (Å²) in [7, 11) is 0. The summed E-state index contributed by atoms with van der Waals surface area (Å²) in [6.07, 6.45) is 0. The minimum absolute atomic E-state index is 0.578. The molecule has 50 heavy (non-hydrogen) atoms. The lowest BCUT2D eigenvalue weighted by molar-refractivity contribution is 0.487. The summed E-state index contributed by atoms with van der Waals surface area (Å²) >= 11 is 0. The molecule has 10 rings (SSSR count). The number of phenolic OH excluding ortho intramolecular Hbond substituents is 1. The van der Waals surface area contributed by atoms with E-state index in [2.05, 4.69) is 0 Å². The lowest BCUT2D eigenvalue weighted by Crippen LogP contribution is -1.92. The summed E-state index contributed by atoms with van der Waals surface area (Å²) in [5, 5.41) is 6.22. The minimum atomic E-state index is -1.19. The Morgan fingerprint density at radius 1 is 0.380 bits per heavy atom. The molecule has 234 valence electrons. The first-order valence-corrected chi connectivity index (χ1v) is 14.6. The van der Waals surface area contributed by atoms with Gasteiger partial charge >= 0.3 is 0 Å². The molecule has 1 N–H and O–H groups in total. The van der Waals surface area contributed by atoms with E-state index in [0.717, 1.165) is 0 Å². The Bertz CT molecular complexity index is 4370. The maximum Gasteiger partial charge on any atom is 0.139 e. The van der Waals surface area contributed by atoms with E-state index in [0.29, 0.717) is 0 Å². The molecule has 0 aliphatic heterocycles. The van der Waals surface area contributed by atoms with Gasteiger partial charge in [0.2, 0.25) is 0 Å². The normalized spacial score (nSPS) is 19.8. The second-order valence-corrected chi connectivity index (χ2v) is 10.7. The molecule has 9 aromatic carbocycles. The van der Waals surface area contributed by atoms with Gasteiger partial charge in [-0.2, -0.15) is 0 Å². The number of phenols is 1. The minimum Gasteiger partial charge on any atom is -0.507 e. The van der Waals surface area contributed by atoms with Crippen molar-refractivity contribution < 1.29 is 49.3 Å². The van der Waals surface area contributed by atoms with Gasteiger partial charge in [0.25, 0.3) is 0 Å². The van der Waals surface area contributed by atoms with Crippen LogP contribution in [0.5, 0.6) is 5.75 Å². The second-order valence-electron chi connectivity index (χ2n) is 10.7. The summed E-state index contributed by atoms with van der Waals surface area (Å²) in [5.41, 5.74) is -8.81. The summed E-state index contributed by atoms with van der Waals surface area (Å²) < 4.78 is 268. The highest BCUT2D eigenvalue weighted by atomic mass is 16.3. The van der Waals surface area contributed by atoms with Gasteiger partial charge < -0.3 is 9.52 Å². The standard InChI is InChI=1S/C48H30O2/c49-48-36-19-8-7-18-32(36)29-43-47(48)46-41(24-13-25-42(46)50-43)45-39-22-11-9-20-37(39)44(38-21-10-12-23-40(38)45)35-27-33(30-14-3-1-4-15-30)26-34(28-35)31-16-5-2-6-17-31/h1-29,49H/i1D,2D,3D,4D,5D,6D,7D,8D,9D,10D,11D,12D,13D,14D,15D,16D,17D,18D,19D,20D,21D,22D,23D,24D,25D,26D,27D,28D,29D. The molecule has 10 aromatic rings. The first-order chi connectivity index (χ1) is 36.8. The van der Waals surface area contributed by atoms with Crippen LogP contribution < -0.4 is 0 Å². The van der Waals surface area contributed by atoms with Gasteiger partial charge in [-0.15, -0.1) is 0 Å². The van der Waals surface area contributed by atoms with Crippen molar-refractivity contribution in [2.24, 2.45) is 0 Å². The highest BCUT2D eigenvalue weighted by Gasteiger charge is 2.23. The zero-order valence-corrected chi connectivity index (χ0v) is 24.9. The molecule has 0 atom stereocenters. The summed E-state index contributed by atoms with van der Waals surface area (Å²) in [6, 6.07) is -29.7. The summed E-state index contributed by atoms with van der Waals surface area (Å²) in [6.45, 7) is 0. The number of aromatic hydroxyl groups is 1. The lowest BCUT2D eigenvalue weighted by atomic mass is 9.83. The van der Waals surface area contributed by atoms with Crippen molar-refractivity contribution in [3.8, 4) is 50.3 Å². The molecule has 0 saturated heterocycles. The summed E-state index contributed by atoms with van der Waals surface area (Å²) in [5.74, 6) is -1.05. The van der Waals surface area contributed by atoms with E-state index in [1.807, 2.05) is 0 Å². The molecule has 0 radical (unpaired) electrons. The fourth-order valence-corrected chi connectivity index (χ4v) is 6.01. The zero-order chi connectivity index (χ0) is 58.4. The molecule has 0 unspecified atom stereocenters. The van der Waals surface area contributed by atoms with Crippen molar-refractivity contribution in [2.75, 3.05) is 0 Å². The van der Waals surface area contributed by atoms with Crippen molar-refractivity contribution in [1.82, 2.24) is 0 Å². The third-order valence-electron chi connectivity index (χ3n) is 8.05. The molecule has 2 heteroatoms. The average molecular weight is 668 g/mol. The molecule has 0 fully saturated rings.